The van der Waals surface area contributed by atoms with Crippen molar-refractivity contribution in [3.8, 4) is 11.9 Å². The highest BCUT2D eigenvalue weighted by atomic mass is 19.1. The molecule has 1 N–H and O–H groups in total. The number of aryl methyl sites for hydroxylation is 1. The number of nitrogens with zero attached hydrogens (tertiary/aromatic N) is 4. The van der Waals surface area contributed by atoms with Crippen LogP contribution in [0.2, 0.25) is 0 Å². The minimum atomic E-state index is -0.508. The van der Waals surface area contributed by atoms with E-state index in [4.69, 9.17) is 0 Å². The van der Waals surface area contributed by atoms with E-state index in [9.17, 15) is 14.4 Å². The predicted molar refractivity (Wildman–Crippen MR) is 95.1 cm³/mol. The summed E-state index contributed by atoms with van der Waals surface area (Å²) in [6, 6.07) is 4.29. The number of carbonyl (C=O) groups excluding carboxylic acids is 1. The molecule has 2 aromatic rings. The first-order chi connectivity index (χ1) is 12.4. The van der Waals surface area contributed by atoms with E-state index in [0.29, 0.717) is 12.1 Å². The van der Waals surface area contributed by atoms with Gasteiger partial charge in [-0.25, -0.2) is 9.07 Å². The zero-order valence-corrected chi connectivity index (χ0v) is 15.1. The van der Waals surface area contributed by atoms with Gasteiger partial charge in [0.25, 0.3) is 5.91 Å². The van der Waals surface area contributed by atoms with Crippen LogP contribution in [0, 0.1) is 24.2 Å². The number of amides is 1. The Morgan fingerprint density at radius 2 is 2.27 bits per heavy atom. The van der Waals surface area contributed by atoms with Crippen molar-refractivity contribution < 1.29 is 9.18 Å². The molecule has 1 aromatic heterocycles. The highest BCUT2D eigenvalue weighted by Gasteiger charge is 2.38. The van der Waals surface area contributed by atoms with Crippen LogP contribution in [-0.4, -0.2) is 38.7 Å². The van der Waals surface area contributed by atoms with Gasteiger partial charge in [-0.05, 0) is 50.5 Å². The Balaban J connectivity index is 1.76. The molecule has 1 saturated heterocycles. The number of halogens is 1. The van der Waals surface area contributed by atoms with Crippen LogP contribution < -0.4 is 5.32 Å². The number of aromatic nitrogens is 2. The first-order valence-corrected chi connectivity index (χ1v) is 8.74. The van der Waals surface area contributed by atoms with E-state index in [0.717, 1.165) is 12.0 Å². The summed E-state index contributed by atoms with van der Waals surface area (Å²) in [6.45, 7) is 5.84. The van der Waals surface area contributed by atoms with Gasteiger partial charge >= 0.3 is 0 Å². The van der Waals surface area contributed by atoms with Gasteiger partial charge in [0.2, 0.25) is 0 Å². The monoisotopic (exact) mass is 355 g/mol. The SMILES string of the molecule is CC[C@@H]1[C@H](NC(=O)c2ccc(-n3cc(C)cn3)c(F)c2)C[C@H](C)N1C#N. The van der Waals surface area contributed by atoms with Gasteiger partial charge in [0.1, 0.15) is 11.5 Å². The van der Waals surface area contributed by atoms with Crippen molar-refractivity contribution >= 4 is 5.91 Å². The Morgan fingerprint density at radius 3 is 2.85 bits per heavy atom. The summed E-state index contributed by atoms with van der Waals surface area (Å²) in [7, 11) is 0. The second-order valence-corrected chi connectivity index (χ2v) is 6.78. The van der Waals surface area contributed by atoms with Gasteiger partial charge in [0.15, 0.2) is 6.19 Å². The molecule has 0 spiro atoms. The Labute approximate surface area is 152 Å². The van der Waals surface area contributed by atoms with E-state index in [1.54, 1.807) is 29.4 Å². The molecular formula is C19H22FN5O. The topological polar surface area (TPSA) is 74.0 Å². The third kappa shape index (κ3) is 3.27. The predicted octanol–water partition coefficient (Wildman–Crippen LogP) is 2.77. The van der Waals surface area contributed by atoms with Crippen molar-refractivity contribution in [3.05, 3.63) is 47.5 Å². The molecule has 0 unspecified atom stereocenters. The number of likely N-dealkylation sites (tertiary alicyclic amines) is 1. The summed E-state index contributed by atoms with van der Waals surface area (Å²) in [5.74, 6) is -0.839. The Kier molecular flexibility index (Phi) is 4.94. The molecule has 1 aromatic carbocycles. The number of rotatable bonds is 4. The van der Waals surface area contributed by atoms with Gasteiger partial charge < -0.3 is 10.2 Å². The molecule has 3 atom stereocenters. The van der Waals surface area contributed by atoms with Gasteiger partial charge in [-0.15, -0.1) is 0 Å². The van der Waals surface area contributed by atoms with E-state index in [1.807, 2.05) is 20.8 Å². The maximum Gasteiger partial charge on any atom is 0.251 e. The highest BCUT2D eigenvalue weighted by Crippen LogP contribution is 2.26. The molecule has 2 heterocycles. The number of nitriles is 1. The summed E-state index contributed by atoms with van der Waals surface area (Å²) >= 11 is 0. The second-order valence-electron chi connectivity index (χ2n) is 6.78. The van der Waals surface area contributed by atoms with E-state index in [1.165, 1.54) is 10.7 Å². The standard InChI is InChI=1S/C19H22FN5O/c1-4-17-16(7-13(3)24(17)11-21)23-19(26)14-5-6-18(15(20)8-14)25-10-12(2)9-22-25/h5-6,8-10,13,16-17H,4,7H2,1-3H3,(H,23,26)/t13-,16+,17+/m0/s1. The minimum absolute atomic E-state index is 0.0323. The normalized spacial score (nSPS) is 22.3. The number of carbonyl (C=O) groups is 1. The molecule has 0 radical (unpaired) electrons. The van der Waals surface area contributed by atoms with Gasteiger partial charge in [0, 0.05) is 17.8 Å². The second kappa shape index (κ2) is 7.16. The summed E-state index contributed by atoms with van der Waals surface area (Å²) < 4.78 is 15.9. The van der Waals surface area contributed by atoms with Crippen LogP contribution in [0.15, 0.2) is 30.6 Å². The van der Waals surface area contributed by atoms with E-state index in [-0.39, 0.29) is 29.6 Å². The van der Waals surface area contributed by atoms with Crippen molar-refractivity contribution in [3.63, 3.8) is 0 Å². The zero-order valence-electron chi connectivity index (χ0n) is 15.1. The Hall–Kier alpha value is -2.88. The molecule has 1 aliphatic heterocycles. The van der Waals surface area contributed by atoms with Crippen LogP contribution in [0.5, 0.6) is 0 Å². The maximum atomic E-state index is 14.4. The third-order valence-electron chi connectivity index (χ3n) is 4.91. The van der Waals surface area contributed by atoms with Crippen molar-refractivity contribution in [1.29, 1.82) is 5.26 Å². The first kappa shape index (κ1) is 17.9. The summed E-state index contributed by atoms with van der Waals surface area (Å²) in [5, 5.41) is 16.3. The average molecular weight is 355 g/mol. The molecule has 136 valence electrons. The van der Waals surface area contributed by atoms with Crippen molar-refractivity contribution in [2.45, 2.75) is 51.7 Å². The molecule has 0 aliphatic carbocycles. The van der Waals surface area contributed by atoms with Crippen LogP contribution in [0.1, 0.15) is 42.6 Å². The van der Waals surface area contributed by atoms with E-state index >= 15 is 0 Å². The van der Waals surface area contributed by atoms with Crippen LogP contribution in [0.4, 0.5) is 4.39 Å². The molecule has 3 rings (SSSR count). The van der Waals surface area contributed by atoms with Crippen LogP contribution in [-0.2, 0) is 0 Å². The van der Waals surface area contributed by atoms with Crippen molar-refractivity contribution in [1.82, 2.24) is 20.0 Å². The van der Waals surface area contributed by atoms with Gasteiger partial charge in [-0.3, -0.25) is 4.79 Å². The van der Waals surface area contributed by atoms with Crippen LogP contribution in [0.3, 0.4) is 0 Å². The molecule has 1 aliphatic rings. The number of nitrogens with one attached hydrogen (secondary N) is 1. The van der Waals surface area contributed by atoms with Crippen LogP contribution in [0.25, 0.3) is 5.69 Å². The maximum absolute atomic E-state index is 14.4. The lowest BCUT2D eigenvalue weighted by atomic mass is 10.0. The number of hydrogen-bond donors (Lipinski definition) is 1. The Bertz CT molecular complexity index is 856. The molecule has 1 amide bonds. The molecule has 6 nitrogen and oxygen atoms in total. The van der Waals surface area contributed by atoms with Gasteiger partial charge in [-0.2, -0.15) is 10.4 Å². The van der Waals surface area contributed by atoms with Crippen LogP contribution >= 0.6 is 0 Å². The first-order valence-electron chi connectivity index (χ1n) is 8.74. The molecular weight excluding hydrogens is 333 g/mol. The number of hydrogen-bond acceptors (Lipinski definition) is 4. The quantitative estimate of drug-likeness (QED) is 0.856. The number of benzene rings is 1. The smallest absolute Gasteiger partial charge is 0.251 e. The van der Waals surface area contributed by atoms with E-state index in [2.05, 4.69) is 16.6 Å². The molecule has 7 heteroatoms. The third-order valence-corrected chi connectivity index (χ3v) is 4.91. The average Bonchev–Trinajstić information content (AvgIpc) is 3.17. The lowest BCUT2D eigenvalue weighted by Crippen LogP contribution is -2.43. The molecule has 0 saturated carbocycles. The summed E-state index contributed by atoms with van der Waals surface area (Å²) in [4.78, 5) is 14.3. The zero-order chi connectivity index (χ0) is 18.8. The lowest BCUT2D eigenvalue weighted by Gasteiger charge is -2.24. The van der Waals surface area contributed by atoms with Crippen molar-refractivity contribution in [2.24, 2.45) is 0 Å². The fourth-order valence-corrected chi connectivity index (χ4v) is 3.60. The fourth-order valence-electron chi connectivity index (χ4n) is 3.60. The highest BCUT2D eigenvalue weighted by molar-refractivity contribution is 5.94. The van der Waals surface area contributed by atoms with E-state index < -0.39 is 5.82 Å². The molecule has 1 fully saturated rings. The van der Waals surface area contributed by atoms with Gasteiger partial charge in [0.05, 0.1) is 18.3 Å². The Morgan fingerprint density at radius 1 is 1.50 bits per heavy atom. The minimum Gasteiger partial charge on any atom is -0.347 e. The summed E-state index contributed by atoms with van der Waals surface area (Å²) in [6.07, 6.45) is 7.03. The van der Waals surface area contributed by atoms with Gasteiger partial charge in [-0.1, -0.05) is 6.92 Å². The van der Waals surface area contributed by atoms with Crippen molar-refractivity contribution in [2.75, 3.05) is 0 Å². The largest absolute Gasteiger partial charge is 0.347 e. The fraction of sp³-hybridized carbons (Fsp3) is 0.421. The molecule has 0 bridgehead atoms. The summed E-state index contributed by atoms with van der Waals surface area (Å²) in [5.41, 5.74) is 1.48. The molecule has 26 heavy (non-hydrogen) atoms. The lowest BCUT2D eigenvalue weighted by molar-refractivity contribution is 0.0928.